The van der Waals surface area contributed by atoms with Crippen molar-refractivity contribution >= 4 is 29.9 Å². The smallest absolute Gasteiger partial charge is 0.191 e. The second-order valence-electron chi connectivity index (χ2n) is 5.02. The average molecular weight is 444 g/mol. The maximum Gasteiger partial charge on any atom is 0.191 e. The molecule has 0 aliphatic rings. The first kappa shape index (κ1) is 20.2. The van der Waals surface area contributed by atoms with E-state index in [0.717, 1.165) is 37.0 Å². The van der Waals surface area contributed by atoms with Gasteiger partial charge in [-0.15, -0.1) is 24.0 Å². The van der Waals surface area contributed by atoms with E-state index in [4.69, 9.17) is 4.74 Å². The fourth-order valence-corrected chi connectivity index (χ4v) is 2.07. The average Bonchev–Trinajstić information content (AvgIpc) is 2.98. The lowest BCUT2D eigenvalue weighted by Crippen LogP contribution is -2.38. The molecule has 0 bridgehead atoms. The molecule has 8 heteroatoms. The Kier molecular flexibility index (Phi) is 9.13. The van der Waals surface area contributed by atoms with Gasteiger partial charge in [0, 0.05) is 20.1 Å². The van der Waals surface area contributed by atoms with Crippen LogP contribution in [0, 0.1) is 0 Å². The van der Waals surface area contributed by atoms with Crippen LogP contribution >= 0.6 is 24.0 Å². The van der Waals surface area contributed by atoms with Crippen LogP contribution in [0.4, 0.5) is 0 Å². The molecule has 7 nitrogen and oxygen atoms in total. The highest BCUT2D eigenvalue weighted by atomic mass is 127. The van der Waals surface area contributed by atoms with Crippen LogP contribution in [0.2, 0.25) is 0 Å². The van der Waals surface area contributed by atoms with Gasteiger partial charge in [-0.25, -0.2) is 9.98 Å². The summed E-state index contributed by atoms with van der Waals surface area (Å²) < 4.78 is 6.89. The zero-order valence-electron chi connectivity index (χ0n) is 14.3. The van der Waals surface area contributed by atoms with Crippen molar-refractivity contribution in [2.75, 3.05) is 20.2 Å². The number of aliphatic imine (C=N–C) groups is 1. The normalized spacial score (nSPS) is 10.9. The first-order chi connectivity index (χ1) is 11.2. The molecule has 1 aromatic carbocycles. The van der Waals surface area contributed by atoms with Gasteiger partial charge in [0.05, 0.1) is 7.11 Å². The predicted octanol–water partition coefficient (Wildman–Crippen LogP) is 1.74. The zero-order chi connectivity index (χ0) is 16.5. The molecule has 2 N–H and O–H groups in total. The summed E-state index contributed by atoms with van der Waals surface area (Å²) in [6.45, 7) is 4.15. The molecule has 0 spiro atoms. The zero-order valence-corrected chi connectivity index (χ0v) is 16.7. The third kappa shape index (κ3) is 6.34. The van der Waals surface area contributed by atoms with Crippen LogP contribution in [0.15, 0.2) is 35.6 Å². The maximum absolute atomic E-state index is 5.16. The number of guanidine groups is 1. The van der Waals surface area contributed by atoms with E-state index in [-0.39, 0.29) is 24.0 Å². The van der Waals surface area contributed by atoms with E-state index >= 15 is 0 Å². The topological polar surface area (TPSA) is 76.4 Å². The van der Waals surface area contributed by atoms with E-state index in [1.54, 1.807) is 11.8 Å². The Balaban J connectivity index is 0.00000288. The summed E-state index contributed by atoms with van der Waals surface area (Å²) in [6.07, 6.45) is 2.45. The third-order valence-corrected chi connectivity index (χ3v) is 3.39. The van der Waals surface area contributed by atoms with E-state index < -0.39 is 0 Å². The fraction of sp³-hybridized carbons (Fsp3) is 0.438. The Morgan fingerprint density at radius 3 is 2.58 bits per heavy atom. The molecule has 0 unspecified atom stereocenters. The minimum absolute atomic E-state index is 0. The van der Waals surface area contributed by atoms with Crippen LogP contribution in [-0.2, 0) is 20.0 Å². The summed E-state index contributed by atoms with van der Waals surface area (Å²) in [4.78, 5) is 8.70. The van der Waals surface area contributed by atoms with Gasteiger partial charge in [0.2, 0.25) is 0 Å². The SMILES string of the molecule is CCNC(=NCc1ncnn1C)NCCc1ccc(OC)cc1.I. The second-order valence-corrected chi connectivity index (χ2v) is 5.02. The standard InChI is InChI=1S/C16H24N6O.HI/c1-4-17-16(19-11-15-20-12-21-22(15)2)18-10-9-13-5-7-14(23-3)8-6-13;/h5-8,12H,4,9-11H2,1-3H3,(H2,17,18,19);1H. The molecule has 0 atom stereocenters. The number of hydrogen-bond acceptors (Lipinski definition) is 4. The number of halogens is 1. The molecule has 0 fully saturated rings. The molecule has 24 heavy (non-hydrogen) atoms. The number of nitrogens with one attached hydrogen (secondary N) is 2. The van der Waals surface area contributed by atoms with Gasteiger partial charge in [0.1, 0.15) is 24.4 Å². The van der Waals surface area contributed by atoms with Crippen LogP contribution in [-0.4, -0.2) is 40.9 Å². The van der Waals surface area contributed by atoms with Crippen LogP contribution in [0.1, 0.15) is 18.3 Å². The third-order valence-electron chi connectivity index (χ3n) is 3.39. The minimum Gasteiger partial charge on any atom is -0.497 e. The Morgan fingerprint density at radius 2 is 2.00 bits per heavy atom. The predicted molar refractivity (Wildman–Crippen MR) is 106 cm³/mol. The van der Waals surface area contributed by atoms with E-state index in [1.807, 2.05) is 26.1 Å². The van der Waals surface area contributed by atoms with Crippen molar-refractivity contribution in [3.05, 3.63) is 42.0 Å². The van der Waals surface area contributed by atoms with E-state index in [9.17, 15) is 0 Å². The van der Waals surface area contributed by atoms with Gasteiger partial charge in [0.15, 0.2) is 5.96 Å². The molecule has 1 heterocycles. The number of methoxy groups -OCH3 is 1. The highest BCUT2D eigenvalue weighted by Gasteiger charge is 2.02. The van der Waals surface area contributed by atoms with Gasteiger partial charge in [0.25, 0.3) is 0 Å². The van der Waals surface area contributed by atoms with Crippen molar-refractivity contribution in [3.63, 3.8) is 0 Å². The maximum atomic E-state index is 5.16. The molecule has 0 saturated heterocycles. The molecule has 2 rings (SSSR count). The van der Waals surface area contributed by atoms with Crippen molar-refractivity contribution in [2.24, 2.45) is 12.0 Å². The van der Waals surface area contributed by atoms with E-state index in [1.165, 1.54) is 11.9 Å². The van der Waals surface area contributed by atoms with Crippen molar-refractivity contribution in [1.29, 1.82) is 0 Å². The van der Waals surface area contributed by atoms with Crippen LogP contribution in [0.5, 0.6) is 5.75 Å². The van der Waals surface area contributed by atoms with Crippen molar-refractivity contribution in [2.45, 2.75) is 19.9 Å². The number of aromatic nitrogens is 3. The molecule has 0 aliphatic heterocycles. The monoisotopic (exact) mass is 444 g/mol. The molecule has 0 radical (unpaired) electrons. The summed E-state index contributed by atoms with van der Waals surface area (Å²) in [7, 11) is 3.54. The minimum atomic E-state index is 0. The number of benzene rings is 1. The molecular formula is C16H25IN6O. The lowest BCUT2D eigenvalue weighted by molar-refractivity contribution is 0.414. The molecule has 0 aliphatic carbocycles. The quantitative estimate of drug-likeness (QED) is 0.387. The molecule has 0 amide bonds. The molecule has 0 saturated carbocycles. The van der Waals surface area contributed by atoms with Crippen LogP contribution < -0.4 is 15.4 Å². The van der Waals surface area contributed by atoms with Crippen LogP contribution in [0.25, 0.3) is 0 Å². The fourth-order valence-electron chi connectivity index (χ4n) is 2.07. The first-order valence-corrected chi connectivity index (χ1v) is 7.71. The summed E-state index contributed by atoms with van der Waals surface area (Å²) in [5, 5.41) is 10.6. The summed E-state index contributed by atoms with van der Waals surface area (Å²) in [5.74, 6) is 2.49. The number of ether oxygens (including phenoxy) is 1. The van der Waals surface area contributed by atoms with Gasteiger partial charge in [-0.05, 0) is 31.0 Å². The van der Waals surface area contributed by atoms with E-state index in [0.29, 0.717) is 6.54 Å². The van der Waals surface area contributed by atoms with Gasteiger partial charge in [-0.2, -0.15) is 5.10 Å². The van der Waals surface area contributed by atoms with Crippen molar-refractivity contribution in [3.8, 4) is 5.75 Å². The molecule has 132 valence electrons. The van der Waals surface area contributed by atoms with Gasteiger partial charge in [-0.3, -0.25) is 4.68 Å². The Labute approximate surface area is 159 Å². The van der Waals surface area contributed by atoms with Crippen molar-refractivity contribution < 1.29 is 4.74 Å². The van der Waals surface area contributed by atoms with E-state index in [2.05, 4.69) is 37.8 Å². The molecular weight excluding hydrogens is 419 g/mol. The largest absolute Gasteiger partial charge is 0.497 e. The lowest BCUT2D eigenvalue weighted by atomic mass is 10.1. The number of rotatable bonds is 7. The molecule has 2 aromatic rings. The second kappa shape index (κ2) is 10.8. The summed E-state index contributed by atoms with van der Waals surface area (Å²) >= 11 is 0. The number of nitrogens with zero attached hydrogens (tertiary/aromatic N) is 4. The Morgan fingerprint density at radius 1 is 1.25 bits per heavy atom. The lowest BCUT2D eigenvalue weighted by Gasteiger charge is -2.11. The molecule has 1 aromatic heterocycles. The highest BCUT2D eigenvalue weighted by Crippen LogP contribution is 2.11. The van der Waals surface area contributed by atoms with Crippen LogP contribution in [0.3, 0.4) is 0 Å². The van der Waals surface area contributed by atoms with Crippen molar-refractivity contribution in [1.82, 2.24) is 25.4 Å². The van der Waals surface area contributed by atoms with Gasteiger partial charge in [-0.1, -0.05) is 12.1 Å². The Hall–Kier alpha value is -1.84. The number of hydrogen-bond donors (Lipinski definition) is 2. The highest BCUT2D eigenvalue weighted by molar-refractivity contribution is 14.0. The van der Waals surface area contributed by atoms with Gasteiger partial charge >= 0.3 is 0 Å². The Bertz CT molecular complexity index is 626. The summed E-state index contributed by atoms with van der Waals surface area (Å²) in [6, 6.07) is 8.10. The first-order valence-electron chi connectivity index (χ1n) is 7.71. The van der Waals surface area contributed by atoms with Gasteiger partial charge < -0.3 is 15.4 Å². The number of aryl methyl sites for hydroxylation is 1. The summed E-state index contributed by atoms with van der Waals surface area (Å²) in [5.41, 5.74) is 1.25.